The molecule has 8 heteroatoms. The summed E-state index contributed by atoms with van der Waals surface area (Å²) in [6.07, 6.45) is 0.551. The van der Waals surface area contributed by atoms with Gasteiger partial charge in [0.05, 0.1) is 5.88 Å². The number of carbonyl (C=O) groups is 1. The van der Waals surface area contributed by atoms with Crippen molar-refractivity contribution in [3.63, 3.8) is 0 Å². The van der Waals surface area contributed by atoms with Gasteiger partial charge in [0, 0.05) is 13.8 Å². The largest absolute Gasteiger partial charge is 0.457 e. The van der Waals surface area contributed by atoms with Gasteiger partial charge in [-0.25, -0.2) is 9.55 Å². The number of esters is 1. The Morgan fingerprint density at radius 2 is 2.41 bits per heavy atom. The highest BCUT2D eigenvalue weighted by Gasteiger charge is 2.22. The zero-order valence-corrected chi connectivity index (χ0v) is 10.2. The molecule has 0 aliphatic rings. The van der Waals surface area contributed by atoms with Crippen LogP contribution >= 0.6 is 11.6 Å². The average Bonchev–Trinajstić information content (AvgIpc) is 2.59. The summed E-state index contributed by atoms with van der Waals surface area (Å²) in [6.45, 7) is 3.01. The van der Waals surface area contributed by atoms with Gasteiger partial charge in [-0.05, 0) is 4.92 Å². The minimum absolute atomic E-state index is 0.0638. The number of nitrogens with zero attached hydrogens (tertiary/aromatic N) is 3. The lowest BCUT2D eigenvalue weighted by molar-refractivity contribution is -0.392. The number of imidazole rings is 1. The number of aromatic nitrogens is 2. The Morgan fingerprint density at radius 1 is 1.76 bits per heavy atom. The van der Waals surface area contributed by atoms with Crippen LogP contribution in [-0.2, 0) is 16.1 Å². The minimum atomic E-state index is -0.610. The smallest absolute Gasteiger partial charge is 0.342 e. The van der Waals surface area contributed by atoms with Gasteiger partial charge >= 0.3 is 11.8 Å². The van der Waals surface area contributed by atoms with E-state index in [9.17, 15) is 14.9 Å². The van der Waals surface area contributed by atoms with Gasteiger partial charge in [-0.15, -0.1) is 11.6 Å². The fourth-order valence-corrected chi connectivity index (χ4v) is 1.54. The van der Waals surface area contributed by atoms with E-state index < -0.39 is 17.0 Å². The lowest BCUT2D eigenvalue weighted by Gasteiger charge is -2.13. The van der Waals surface area contributed by atoms with Gasteiger partial charge in [0.1, 0.15) is 12.7 Å². The molecule has 7 nitrogen and oxygen atoms in total. The molecule has 1 aromatic rings. The minimum Gasteiger partial charge on any atom is -0.457 e. The predicted molar refractivity (Wildman–Crippen MR) is 59.9 cm³/mol. The zero-order chi connectivity index (χ0) is 13.0. The standard InChI is InChI=1S/C9H12ClN3O4/c1-6-11-4-9(13(15)16)12(6)5-8(3-10)17-7(2)14/h4,8H,3,5H2,1-2H3/t8-/m0/s1. The first-order valence-corrected chi connectivity index (χ1v) is 5.38. The number of halogens is 1. The maximum atomic E-state index is 10.8. The van der Waals surface area contributed by atoms with Gasteiger partial charge in [-0.3, -0.25) is 4.79 Å². The normalized spacial score (nSPS) is 12.2. The third-order valence-electron chi connectivity index (χ3n) is 2.11. The molecule has 1 heterocycles. The van der Waals surface area contributed by atoms with Crippen LogP contribution in [0.5, 0.6) is 0 Å². The van der Waals surface area contributed by atoms with E-state index in [0.717, 1.165) is 6.20 Å². The van der Waals surface area contributed by atoms with E-state index >= 15 is 0 Å². The number of ether oxygens (including phenoxy) is 1. The van der Waals surface area contributed by atoms with Crippen LogP contribution in [0.1, 0.15) is 12.7 Å². The number of alkyl halides is 1. The van der Waals surface area contributed by atoms with Gasteiger partial charge in [-0.2, -0.15) is 0 Å². The van der Waals surface area contributed by atoms with E-state index in [1.807, 2.05) is 0 Å². The Balaban J connectivity index is 2.88. The molecule has 0 unspecified atom stereocenters. The molecule has 0 fully saturated rings. The highest BCUT2D eigenvalue weighted by Crippen LogP contribution is 2.15. The van der Waals surface area contributed by atoms with Gasteiger partial charge in [0.25, 0.3) is 0 Å². The van der Waals surface area contributed by atoms with Crippen molar-refractivity contribution in [2.75, 3.05) is 5.88 Å². The second-order valence-electron chi connectivity index (χ2n) is 3.42. The van der Waals surface area contributed by atoms with E-state index in [0.29, 0.717) is 5.82 Å². The van der Waals surface area contributed by atoms with E-state index in [2.05, 4.69) is 4.98 Å². The first kappa shape index (κ1) is 13.4. The van der Waals surface area contributed by atoms with E-state index in [1.54, 1.807) is 6.92 Å². The molecule has 1 atom stereocenters. The van der Waals surface area contributed by atoms with Crippen molar-refractivity contribution >= 4 is 23.4 Å². The van der Waals surface area contributed by atoms with Crippen molar-refractivity contribution in [2.24, 2.45) is 0 Å². The Hall–Kier alpha value is -1.63. The second-order valence-corrected chi connectivity index (χ2v) is 3.73. The summed E-state index contributed by atoms with van der Waals surface area (Å²) in [5.74, 6) is -0.0891. The third kappa shape index (κ3) is 3.42. The monoisotopic (exact) mass is 261 g/mol. The van der Waals surface area contributed by atoms with Gasteiger partial charge in [0.15, 0.2) is 11.9 Å². The lowest BCUT2D eigenvalue weighted by Crippen LogP contribution is -2.25. The van der Waals surface area contributed by atoms with E-state index in [-0.39, 0.29) is 18.2 Å². The number of hydrogen-bond donors (Lipinski definition) is 0. The fourth-order valence-electron chi connectivity index (χ4n) is 1.38. The van der Waals surface area contributed by atoms with Crippen LogP contribution in [0.2, 0.25) is 0 Å². The molecule has 0 aliphatic heterocycles. The maximum absolute atomic E-state index is 10.8. The van der Waals surface area contributed by atoms with Crippen molar-refractivity contribution in [2.45, 2.75) is 26.5 Å². The summed E-state index contributed by atoms with van der Waals surface area (Å²) < 4.78 is 6.28. The van der Waals surface area contributed by atoms with Crippen molar-refractivity contribution in [1.82, 2.24) is 9.55 Å². The number of nitro groups is 1. The van der Waals surface area contributed by atoms with Crippen LogP contribution in [0.4, 0.5) is 5.82 Å². The quantitative estimate of drug-likeness (QED) is 0.345. The fraction of sp³-hybridized carbons (Fsp3) is 0.556. The molecule has 0 bridgehead atoms. The summed E-state index contributed by atoms with van der Waals surface area (Å²) in [5, 5.41) is 10.7. The molecule has 0 aliphatic carbocycles. The van der Waals surface area contributed by atoms with Crippen molar-refractivity contribution in [3.8, 4) is 0 Å². The summed E-state index contributed by atoms with van der Waals surface area (Å²) in [5.41, 5.74) is 0. The highest BCUT2D eigenvalue weighted by molar-refractivity contribution is 6.18. The average molecular weight is 262 g/mol. The second kappa shape index (κ2) is 5.62. The first-order valence-electron chi connectivity index (χ1n) is 4.85. The molecule has 94 valence electrons. The maximum Gasteiger partial charge on any atom is 0.342 e. The zero-order valence-electron chi connectivity index (χ0n) is 9.42. The molecule has 17 heavy (non-hydrogen) atoms. The number of aryl methyl sites for hydroxylation is 1. The van der Waals surface area contributed by atoms with Crippen molar-refractivity contribution < 1.29 is 14.5 Å². The van der Waals surface area contributed by atoms with E-state index in [1.165, 1.54) is 11.5 Å². The first-order chi connectivity index (χ1) is 7.95. The van der Waals surface area contributed by atoms with Crippen LogP contribution in [0.15, 0.2) is 6.20 Å². The molecule has 0 saturated carbocycles. The highest BCUT2D eigenvalue weighted by atomic mass is 35.5. The van der Waals surface area contributed by atoms with Crippen molar-refractivity contribution in [1.29, 1.82) is 0 Å². The van der Waals surface area contributed by atoms with Crippen LogP contribution < -0.4 is 0 Å². The lowest BCUT2D eigenvalue weighted by atomic mass is 10.4. The summed E-state index contributed by atoms with van der Waals surface area (Å²) in [7, 11) is 0. The Bertz CT molecular complexity index is 432. The molecule has 1 rings (SSSR count). The molecule has 0 spiro atoms. The van der Waals surface area contributed by atoms with Crippen LogP contribution in [0.3, 0.4) is 0 Å². The Kier molecular flexibility index (Phi) is 4.45. The molecule has 0 aromatic carbocycles. The number of carbonyl (C=O) groups excluding carboxylic acids is 1. The van der Waals surface area contributed by atoms with Crippen molar-refractivity contribution in [3.05, 3.63) is 22.1 Å². The molecule has 0 amide bonds. The van der Waals surface area contributed by atoms with Gasteiger partial charge in [0.2, 0.25) is 0 Å². The topological polar surface area (TPSA) is 87.3 Å². The van der Waals surface area contributed by atoms with Crippen LogP contribution in [-0.4, -0.2) is 32.4 Å². The van der Waals surface area contributed by atoms with Crippen LogP contribution in [0.25, 0.3) is 0 Å². The van der Waals surface area contributed by atoms with E-state index in [4.69, 9.17) is 16.3 Å². The van der Waals surface area contributed by atoms with Gasteiger partial charge in [-0.1, -0.05) is 0 Å². The number of hydrogen-bond acceptors (Lipinski definition) is 5. The molecular formula is C9H12ClN3O4. The molecule has 0 saturated heterocycles. The van der Waals surface area contributed by atoms with Crippen LogP contribution in [0, 0.1) is 17.0 Å². The molecule has 0 N–H and O–H groups in total. The third-order valence-corrected chi connectivity index (χ3v) is 2.46. The summed E-state index contributed by atoms with van der Waals surface area (Å²) in [4.78, 5) is 24.8. The number of rotatable bonds is 5. The Morgan fingerprint density at radius 3 is 2.88 bits per heavy atom. The molecule has 1 aromatic heterocycles. The summed E-state index contributed by atoms with van der Waals surface area (Å²) in [6, 6.07) is 0. The summed E-state index contributed by atoms with van der Waals surface area (Å²) >= 11 is 5.63. The molecular weight excluding hydrogens is 250 g/mol. The molecule has 0 radical (unpaired) electrons. The predicted octanol–water partition coefficient (Wildman–Crippen LogP) is 1.27. The van der Waals surface area contributed by atoms with Gasteiger partial charge < -0.3 is 14.9 Å². The SMILES string of the molecule is CC(=O)O[C@@H](CCl)Cn1c([N+](=O)[O-])cnc1C. The Labute approximate surface area is 102 Å².